The number of alkyl halides is 3. The van der Waals surface area contributed by atoms with Crippen LogP contribution >= 0.6 is 11.3 Å². The summed E-state index contributed by atoms with van der Waals surface area (Å²) in [5, 5.41) is 24.9. The van der Waals surface area contributed by atoms with Crippen LogP contribution in [0.1, 0.15) is 45.7 Å². The lowest BCUT2D eigenvalue weighted by Crippen LogP contribution is -2.34. The Labute approximate surface area is 227 Å². The Balaban J connectivity index is 0.000000487. The smallest absolute Gasteiger partial charge is 0.416 e. The Morgan fingerprint density at radius 3 is 2.18 bits per heavy atom. The van der Waals surface area contributed by atoms with E-state index in [0.717, 1.165) is 41.2 Å². The van der Waals surface area contributed by atoms with Gasteiger partial charge in [0.05, 0.1) is 10.5 Å². The van der Waals surface area contributed by atoms with Crippen molar-refractivity contribution in [1.82, 2.24) is 15.5 Å². The molecule has 0 saturated heterocycles. The number of nitrogens with one attached hydrogen (secondary N) is 2. The predicted molar refractivity (Wildman–Crippen MR) is 142 cm³/mol. The fraction of sp³-hybridized carbons (Fsp3) is 0.400. The van der Waals surface area contributed by atoms with Gasteiger partial charge < -0.3 is 15.4 Å². The van der Waals surface area contributed by atoms with Crippen LogP contribution in [-0.2, 0) is 10.9 Å². The Hall–Kier alpha value is -3.81. The number of alkyl carbamates (subject to hydrolysis) is 1. The second kappa shape index (κ2) is 15.0. The molecule has 0 aliphatic rings. The lowest BCUT2D eigenvalue weighted by atomic mass is 10.1. The summed E-state index contributed by atoms with van der Waals surface area (Å²) in [7, 11) is 0. The van der Waals surface area contributed by atoms with Gasteiger partial charge in [-0.1, -0.05) is 42.9 Å². The summed E-state index contributed by atoms with van der Waals surface area (Å²) < 4.78 is 54.5. The summed E-state index contributed by atoms with van der Waals surface area (Å²) in [6, 6.07) is 8.60. The molecule has 14 heteroatoms. The minimum absolute atomic E-state index is 0.315. The molecular weight excluding hydrogens is 542 g/mol. The van der Waals surface area contributed by atoms with Crippen LogP contribution < -0.4 is 10.6 Å². The number of hydrogen-bond donors (Lipinski definition) is 2. The summed E-state index contributed by atoms with van der Waals surface area (Å²) >= 11 is 1.16. The van der Waals surface area contributed by atoms with Crippen LogP contribution in [0.3, 0.4) is 0 Å². The number of carbonyl (C=O) groups is 1. The fourth-order valence-electron chi connectivity index (χ4n) is 2.59. The summed E-state index contributed by atoms with van der Waals surface area (Å²) in [4.78, 5) is 21.3. The van der Waals surface area contributed by atoms with Crippen molar-refractivity contribution in [2.75, 3.05) is 18.4 Å². The second-order valence-electron chi connectivity index (χ2n) is 8.55. The van der Waals surface area contributed by atoms with Gasteiger partial charge in [0.15, 0.2) is 0 Å². The Bertz CT molecular complexity index is 1210. The van der Waals surface area contributed by atoms with E-state index < -0.39 is 39.9 Å². The maximum Gasteiger partial charge on any atom is 0.416 e. The van der Waals surface area contributed by atoms with Gasteiger partial charge in [-0.05, 0) is 52.0 Å². The molecule has 0 radical (unpaired) electrons. The number of anilines is 1. The standard InChI is InChI=1S/C15H18FN5O4S.C8H7F3.C2H6/c1-15(2,3)25-14(22)18-7-6-17-13-20-19-12(26-13)9-4-5-11(21(23)24)10(16)8-9;1-6-2-4-7(5-3-6)8(9,10)11;1-2/h4-5,8H,6-7H2,1-3H3,(H,17,20)(H,18,22);2-5H,1H3;1-2H3. The molecule has 0 saturated carbocycles. The zero-order chi connectivity index (χ0) is 29.8. The molecule has 3 aromatic rings. The molecule has 1 amide bonds. The van der Waals surface area contributed by atoms with Crippen LogP contribution in [0.5, 0.6) is 0 Å². The summed E-state index contributed by atoms with van der Waals surface area (Å²) in [6.45, 7) is 11.8. The van der Waals surface area contributed by atoms with Crippen molar-refractivity contribution in [3.05, 3.63) is 69.5 Å². The number of nitrogens with zero attached hydrogens (tertiary/aromatic N) is 3. The third-order valence-corrected chi connectivity index (χ3v) is 5.19. The average molecular weight is 574 g/mol. The first-order chi connectivity index (χ1) is 18.2. The molecule has 0 aliphatic carbocycles. The number of carbonyl (C=O) groups excluding carboxylic acids is 1. The minimum atomic E-state index is -4.21. The molecule has 0 atom stereocenters. The highest BCUT2D eigenvalue weighted by atomic mass is 32.1. The van der Waals surface area contributed by atoms with Gasteiger partial charge in [0.1, 0.15) is 10.6 Å². The average Bonchev–Trinajstić information content (AvgIpc) is 3.31. The molecule has 1 aromatic heterocycles. The van der Waals surface area contributed by atoms with E-state index in [1.807, 2.05) is 13.8 Å². The monoisotopic (exact) mass is 573 g/mol. The summed E-state index contributed by atoms with van der Waals surface area (Å²) in [6.07, 6.45) is -4.73. The third kappa shape index (κ3) is 12.1. The minimum Gasteiger partial charge on any atom is -0.444 e. The van der Waals surface area contributed by atoms with E-state index in [9.17, 15) is 32.5 Å². The SMILES string of the molecule is CC.CC(C)(C)OC(=O)NCCNc1nnc(-c2ccc([N+](=O)[O-])c(F)c2)s1.Cc1ccc(C(F)(F)F)cc1. The highest BCUT2D eigenvalue weighted by Gasteiger charge is 2.29. The molecule has 0 bridgehead atoms. The van der Waals surface area contributed by atoms with Gasteiger partial charge in [-0.3, -0.25) is 10.1 Å². The van der Waals surface area contributed by atoms with Gasteiger partial charge in [-0.15, -0.1) is 10.2 Å². The van der Waals surface area contributed by atoms with Crippen molar-refractivity contribution < 1.29 is 32.0 Å². The van der Waals surface area contributed by atoms with Gasteiger partial charge in [0, 0.05) is 24.7 Å². The van der Waals surface area contributed by atoms with Crippen LogP contribution in [0.15, 0.2) is 42.5 Å². The van der Waals surface area contributed by atoms with Crippen molar-refractivity contribution in [1.29, 1.82) is 0 Å². The normalized spacial score (nSPS) is 10.8. The number of nitro groups is 1. The van der Waals surface area contributed by atoms with Gasteiger partial charge in [-0.25, -0.2) is 4.79 Å². The van der Waals surface area contributed by atoms with E-state index in [-0.39, 0.29) is 0 Å². The Kier molecular flexibility index (Phi) is 12.7. The number of hydrogen-bond acceptors (Lipinski definition) is 8. The predicted octanol–water partition coefficient (Wildman–Crippen LogP) is 7.23. The van der Waals surface area contributed by atoms with Crippen molar-refractivity contribution in [3.8, 4) is 10.6 Å². The first-order valence-electron chi connectivity index (χ1n) is 11.8. The summed E-state index contributed by atoms with van der Waals surface area (Å²) in [5.74, 6) is -0.932. The number of rotatable bonds is 6. The molecule has 2 N–H and O–H groups in total. The van der Waals surface area contributed by atoms with E-state index in [4.69, 9.17) is 4.74 Å². The van der Waals surface area contributed by atoms with Gasteiger partial charge in [0.2, 0.25) is 10.9 Å². The quantitative estimate of drug-likeness (QED) is 0.138. The number of benzene rings is 2. The van der Waals surface area contributed by atoms with Crippen LogP contribution in [-0.4, -0.2) is 39.9 Å². The number of aryl methyl sites for hydroxylation is 1. The first-order valence-corrected chi connectivity index (χ1v) is 12.6. The Morgan fingerprint density at radius 2 is 1.67 bits per heavy atom. The molecule has 3 rings (SSSR count). The van der Waals surface area contributed by atoms with E-state index in [0.29, 0.717) is 28.8 Å². The molecule has 39 heavy (non-hydrogen) atoms. The van der Waals surface area contributed by atoms with Crippen molar-refractivity contribution in [3.63, 3.8) is 0 Å². The zero-order valence-electron chi connectivity index (χ0n) is 22.4. The van der Waals surface area contributed by atoms with Crippen LogP contribution in [0.4, 0.5) is 33.2 Å². The Morgan fingerprint density at radius 1 is 1.05 bits per heavy atom. The lowest BCUT2D eigenvalue weighted by Gasteiger charge is -2.19. The van der Waals surface area contributed by atoms with Crippen LogP contribution in [0.2, 0.25) is 0 Å². The maximum atomic E-state index is 13.7. The van der Waals surface area contributed by atoms with Crippen molar-refractivity contribution >= 4 is 28.2 Å². The van der Waals surface area contributed by atoms with E-state index >= 15 is 0 Å². The third-order valence-electron chi connectivity index (χ3n) is 4.26. The molecule has 1 heterocycles. The number of aromatic nitrogens is 2. The summed E-state index contributed by atoms with van der Waals surface area (Å²) in [5.41, 5.74) is -0.525. The molecule has 0 spiro atoms. The number of nitro benzene ring substituents is 1. The lowest BCUT2D eigenvalue weighted by molar-refractivity contribution is -0.387. The highest BCUT2D eigenvalue weighted by Crippen LogP contribution is 2.30. The largest absolute Gasteiger partial charge is 0.444 e. The van der Waals surface area contributed by atoms with Gasteiger partial charge in [-0.2, -0.15) is 17.6 Å². The van der Waals surface area contributed by atoms with E-state index in [1.165, 1.54) is 18.2 Å². The first kappa shape index (κ1) is 33.2. The van der Waals surface area contributed by atoms with Crippen molar-refractivity contribution in [2.45, 2.75) is 53.3 Å². The molecule has 214 valence electrons. The molecular formula is C25H31F4N5O4S. The fourth-order valence-corrected chi connectivity index (χ4v) is 3.36. The topological polar surface area (TPSA) is 119 Å². The van der Waals surface area contributed by atoms with E-state index in [2.05, 4.69) is 20.8 Å². The molecule has 0 unspecified atom stereocenters. The van der Waals surface area contributed by atoms with Crippen molar-refractivity contribution in [2.24, 2.45) is 0 Å². The number of ether oxygens (including phenoxy) is 1. The van der Waals surface area contributed by atoms with Gasteiger partial charge >= 0.3 is 18.0 Å². The van der Waals surface area contributed by atoms with Crippen LogP contribution in [0.25, 0.3) is 10.6 Å². The number of halogens is 4. The van der Waals surface area contributed by atoms with Gasteiger partial charge in [0.25, 0.3) is 0 Å². The molecule has 0 aliphatic heterocycles. The molecule has 9 nitrogen and oxygen atoms in total. The molecule has 0 fully saturated rings. The van der Waals surface area contributed by atoms with E-state index in [1.54, 1.807) is 27.7 Å². The maximum absolute atomic E-state index is 13.7. The highest BCUT2D eigenvalue weighted by molar-refractivity contribution is 7.18. The molecule has 2 aromatic carbocycles. The zero-order valence-corrected chi connectivity index (χ0v) is 23.2. The second-order valence-corrected chi connectivity index (χ2v) is 9.53. The van der Waals surface area contributed by atoms with Crippen LogP contribution in [0, 0.1) is 22.9 Å². The number of amides is 1.